The third-order valence-corrected chi connectivity index (χ3v) is 3.09. The summed E-state index contributed by atoms with van der Waals surface area (Å²) in [5.74, 6) is 1.70. The van der Waals surface area contributed by atoms with Crippen LogP contribution in [-0.4, -0.2) is 30.5 Å². The fourth-order valence-corrected chi connectivity index (χ4v) is 2.02. The second-order valence-electron chi connectivity index (χ2n) is 4.14. The zero-order chi connectivity index (χ0) is 14.1. The van der Waals surface area contributed by atoms with Crippen LogP contribution in [0.2, 0.25) is 5.02 Å². The Hall–Kier alpha value is -2.22. The molecule has 0 aliphatic heterocycles. The monoisotopic (exact) mass is 294 g/mol. The summed E-state index contributed by atoms with van der Waals surface area (Å²) in [4.78, 5) is 8.30. The van der Waals surface area contributed by atoms with Gasteiger partial charge in [0.25, 0.3) is 5.89 Å². The molecule has 0 aliphatic rings. The minimum atomic E-state index is 0.265. The summed E-state index contributed by atoms with van der Waals surface area (Å²) < 4.78 is 10.0. The van der Waals surface area contributed by atoms with Gasteiger partial charge in [0.05, 0.1) is 17.1 Å². The predicted octanol–water partition coefficient (Wildman–Crippen LogP) is 1.96. The average Bonchev–Trinajstić information content (AvgIpc) is 3.11. The Morgan fingerprint density at radius 2 is 1.90 bits per heavy atom. The van der Waals surface area contributed by atoms with Crippen molar-refractivity contribution in [1.29, 1.82) is 0 Å². The molecule has 0 atom stereocenters. The van der Waals surface area contributed by atoms with E-state index in [4.69, 9.17) is 20.6 Å². The molecular formula is C11H11ClN6O2. The number of aryl methyl sites for hydroxylation is 2. The highest BCUT2D eigenvalue weighted by Gasteiger charge is 2.19. The first-order valence-corrected chi connectivity index (χ1v) is 6.40. The quantitative estimate of drug-likeness (QED) is 0.783. The Balaban J connectivity index is 1.84. The lowest BCUT2D eigenvalue weighted by Gasteiger charge is -1.89. The van der Waals surface area contributed by atoms with Gasteiger partial charge < -0.3 is 9.05 Å². The number of aromatic amines is 1. The lowest BCUT2D eigenvalue weighted by molar-refractivity contribution is 0.387. The zero-order valence-electron chi connectivity index (χ0n) is 10.8. The molecule has 3 rings (SSSR count). The van der Waals surface area contributed by atoms with Crippen molar-refractivity contribution in [2.24, 2.45) is 0 Å². The number of H-pyrrole nitrogens is 1. The van der Waals surface area contributed by atoms with Gasteiger partial charge in [-0.15, -0.1) is 0 Å². The molecule has 0 radical (unpaired) electrons. The average molecular weight is 295 g/mol. The van der Waals surface area contributed by atoms with Crippen LogP contribution < -0.4 is 0 Å². The van der Waals surface area contributed by atoms with E-state index in [1.807, 2.05) is 6.92 Å². The highest BCUT2D eigenvalue weighted by Crippen LogP contribution is 2.27. The summed E-state index contributed by atoms with van der Waals surface area (Å²) >= 11 is 6.17. The van der Waals surface area contributed by atoms with Crippen molar-refractivity contribution >= 4 is 11.6 Å². The molecule has 1 N–H and O–H groups in total. The van der Waals surface area contributed by atoms with E-state index in [0.717, 1.165) is 12.1 Å². The van der Waals surface area contributed by atoms with E-state index in [1.165, 1.54) is 0 Å². The SMILES string of the molecule is CCc1[nH]nc(-c2nc(Cc3noc(C)n3)no2)c1Cl. The van der Waals surface area contributed by atoms with Gasteiger partial charge in [0.1, 0.15) is 0 Å². The van der Waals surface area contributed by atoms with Crippen LogP contribution in [-0.2, 0) is 12.8 Å². The Morgan fingerprint density at radius 3 is 2.55 bits per heavy atom. The van der Waals surface area contributed by atoms with E-state index in [-0.39, 0.29) is 5.89 Å². The molecule has 0 saturated heterocycles. The van der Waals surface area contributed by atoms with Crippen LogP contribution in [0.1, 0.15) is 30.2 Å². The number of rotatable bonds is 4. The standard InChI is InChI=1S/C11H11ClN6O2/c1-3-6-9(12)10(16-15-6)11-14-8(18-20-11)4-7-13-5(2)19-17-7/h3-4H2,1-2H3,(H,15,16). The molecule has 3 heterocycles. The Bertz CT molecular complexity index is 731. The maximum atomic E-state index is 6.17. The summed E-state index contributed by atoms with van der Waals surface area (Å²) in [5, 5.41) is 15.0. The molecule has 3 aromatic heterocycles. The Morgan fingerprint density at radius 1 is 1.15 bits per heavy atom. The lowest BCUT2D eigenvalue weighted by Crippen LogP contribution is -1.93. The Labute approximate surface area is 118 Å². The van der Waals surface area contributed by atoms with Crippen LogP contribution in [0.4, 0.5) is 0 Å². The van der Waals surface area contributed by atoms with Gasteiger partial charge in [-0.1, -0.05) is 28.8 Å². The van der Waals surface area contributed by atoms with Crippen LogP contribution in [0.5, 0.6) is 0 Å². The smallest absolute Gasteiger partial charge is 0.279 e. The third kappa shape index (κ3) is 2.29. The van der Waals surface area contributed by atoms with Crippen LogP contribution in [0, 0.1) is 6.92 Å². The van der Waals surface area contributed by atoms with Crippen molar-refractivity contribution in [3.8, 4) is 11.6 Å². The van der Waals surface area contributed by atoms with E-state index >= 15 is 0 Å². The number of nitrogens with zero attached hydrogens (tertiary/aromatic N) is 5. The number of nitrogens with one attached hydrogen (secondary N) is 1. The molecule has 8 nitrogen and oxygen atoms in total. The van der Waals surface area contributed by atoms with Gasteiger partial charge >= 0.3 is 0 Å². The first kappa shape index (κ1) is 12.8. The molecule has 0 fully saturated rings. The summed E-state index contributed by atoms with van der Waals surface area (Å²) in [7, 11) is 0. The van der Waals surface area contributed by atoms with Gasteiger partial charge in [-0.05, 0) is 6.42 Å². The minimum absolute atomic E-state index is 0.265. The zero-order valence-corrected chi connectivity index (χ0v) is 11.6. The molecule has 0 spiro atoms. The molecule has 0 aromatic carbocycles. The lowest BCUT2D eigenvalue weighted by atomic mass is 10.3. The molecule has 0 unspecified atom stereocenters. The van der Waals surface area contributed by atoms with Gasteiger partial charge in [-0.3, -0.25) is 5.10 Å². The second-order valence-corrected chi connectivity index (χ2v) is 4.52. The highest BCUT2D eigenvalue weighted by atomic mass is 35.5. The number of halogens is 1. The molecule has 0 amide bonds. The van der Waals surface area contributed by atoms with Crippen LogP contribution in [0.25, 0.3) is 11.6 Å². The third-order valence-electron chi connectivity index (χ3n) is 2.69. The highest BCUT2D eigenvalue weighted by molar-refractivity contribution is 6.33. The van der Waals surface area contributed by atoms with Crippen molar-refractivity contribution in [1.82, 2.24) is 30.5 Å². The summed E-state index contributed by atoms with van der Waals surface area (Å²) in [6, 6.07) is 0. The Kier molecular flexibility index (Phi) is 3.23. The van der Waals surface area contributed by atoms with Gasteiger partial charge in [0.2, 0.25) is 5.89 Å². The van der Waals surface area contributed by atoms with Gasteiger partial charge in [-0.2, -0.15) is 15.1 Å². The van der Waals surface area contributed by atoms with Crippen molar-refractivity contribution in [3.63, 3.8) is 0 Å². The van der Waals surface area contributed by atoms with Gasteiger partial charge in [-0.25, -0.2) is 0 Å². The van der Waals surface area contributed by atoms with E-state index in [9.17, 15) is 0 Å². The van der Waals surface area contributed by atoms with Crippen LogP contribution in [0.3, 0.4) is 0 Å². The summed E-state index contributed by atoms with van der Waals surface area (Å²) in [6.07, 6.45) is 1.07. The molecular weight excluding hydrogens is 284 g/mol. The van der Waals surface area contributed by atoms with Gasteiger partial charge in [0, 0.05) is 6.92 Å². The topological polar surface area (TPSA) is 107 Å². The van der Waals surface area contributed by atoms with Gasteiger partial charge in [0.15, 0.2) is 17.3 Å². The molecule has 0 bridgehead atoms. The van der Waals surface area contributed by atoms with Crippen LogP contribution in [0.15, 0.2) is 9.05 Å². The number of hydrogen-bond acceptors (Lipinski definition) is 7. The second kappa shape index (κ2) is 5.04. The summed E-state index contributed by atoms with van der Waals surface area (Å²) in [5.41, 5.74) is 1.28. The molecule has 0 saturated carbocycles. The maximum Gasteiger partial charge on any atom is 0.279 e. The van der Waals surface area contributed by atoms with Crippen LogP contribution >= 0.6 is 11.6 Å². The van der Waals surface area contributed by atoms with Crippen molar-refractivity contribution < 1.29 is 9.05 Å². The predicted molar refractivity (Wildman–Crippen MR) is 68.1 cm³/mol. The minimum Gasteiger partial charge on any atom is -0.340 e. The normalized spacial score (nSPS) is 11.2. The van der Waals surface area contributed by atoms with E-state index in [0.29, 0.717) is 34.7 Å². The van der Waals surface area contributed by atoms with E-state index in [2.05, 4.69) is 30.5 Å². The van der Waals surface area contributed by atoms with Crippen molar-refractivity contribution in [2.45, 2.75) is 26.7 Å². The van der Waals surface area contributed by atoms with Crippen molar-refractivity contribution in [3.05, 3.63) is 28.3 Å². The fraction of sp³-hybridized carbons (Fsp3) is 0.364. The molecule has 3 aromatic rings. The summed E-state index contributed by atoms with van der Waals surface area (Å²) in [6.45, 7) is 3.69. The molecule has 20 heavy (non-hydrogen) atoms. The first-order valence-electron chi connectivity index (χ1n) is 6.02. The fourth-order valence-electron chi connectivity index (χ4n) is 1.72. The molecule has 9 heteroatoms. The first-order chi connectivity index (χ1) is 9.67. The largest absolute Gasteiger partial charge is 0.340 e. The molecule has 0 aliphatic carbocycles. The van der Waals surface area contributed by atoms with E-state index < -0.39 is 0 Å². The number of aromatic nitrogens is 6. The van der Waals surface area contributed by atoms with Crippen molar-refractivity contribution in [2.75, 3.05) is 0 Å². The molecule has 104 valence electrons. The maximum absolute atomic E-state index is 6.17. The number of hydrogen-bond donors (Lipinski definition) is 1. The van der Waals surface area contributed by atoms with E-state index in [1.54, 1.807) is 6.92 Å².